The van der Waals surface area contributed by atoms with Crippen LogP contribution in [0.25, 0.3) is 5.82 Å². The van der Waals surface area contributed by atoms with Crippen molar-refractivity contribution in [2.75, 3.05) is 5.32 Å². The zero-order valence-electron chi connectivity index (χ0n) is 15.5. The van der Waals surface area contributed by atoms with Gasteiger partial charge in [-0.1, -0.05) is 12.1 Å². The van der Waals surface area contributed by atoms with Gasteiger partial charge in [-0.2, -0.15) is 0 Å². The lowest BCUT2D eigenvalue weighted by molar-refractivity contribution is -0.117. The van der Waals surface area contributed by atoms with Crippen molar-refractivity contribution in [3.8, 4) is 5.82 Å². The molecular weight excluding hydrogens is 354 g/mol. The summed E-state index contributed by atoms with van der Waals surface area (Å²) >= 11 is 0. The van der Waals surface area contributed by atoms with Crippen molar-refractivity contribution >= 4 is 17.5 Å². The number of imidazole rings is 1. The molecule has 1 aliphatic carbocycles. The van der Waals surface area contributed by atoms with Crippen LogP contribution in [0.4, 0.5) is 5.69 Å². The molecule has 0 spiro atoms. The molecule has 0 bridgehead atoms. The maximum absolute atomic E-state index is 12.5. The standard InChI is InChI=1S/C21H21N5O2/c1-14(15-4-7-18(8-5-15)25-20(27)16-2-3-16)24-21(28)17-6-9-19(23-12-17)26-11-10-22-13-26/h4-14,16H,2-3H2,1H3,(H,24,28)(H,25,27)/t14-/m1/s1. The first-order chi connectivity index (χ1) is 13.6. The molecule has 4 rings (SSSR count). The predicted octanol–water partition coefficient (Wildman–Crippen LogP) is 3.11. The highest BCUT2D eigenvalue weighted by molar-refractivity contribution is 5.94. The third kappa shape index (κ3) is 4.09. The molecule has 0 radical (unpaired) electrons. The Labute approximate surface area is 162 Å². The number of carbonyl (C=O) groups is 2. The maximum Gasteiger partial charge on any atom is 0.253 e. The van der Waals surface area contributed by atoms with E-state index in [0.717, 1.165) is 24.1 Å². The second-order valence-electron chi connectivity index (χ2n) is 6.96. The number of benzene rings is 1. The molecule has 0 saturated heterocycles. The van der Waals surface area contributed by atoms with Crippen LogP contribution in [0.1, 0.15) is 41.7 Å². The topological polar surface area (TPSA) is 88.9 Å². The zero-order valence-corrected chi connectivity index (χ0v) is 15.5. The van der Waals surface area contributed by atoms with Gasteiger partial charge in [0.1, 0.15) is 12.1 Å². The van der Waals surface area contributed by atoms with E-state index < -0.39 is 0 Å². The monoisotopic (exact) mass is 375 g/mol. The van der Waals surface area contributed by atoms with Gasteiger partial charge in [0.2, 0.25) is 5.91 Å². The van der Waals surface area contributed by atoms with E-state index in [1.807, 2.05) is 31.2 Å². The Morgan fingerprint density at radius 3 is 2.54 bits per heavy atom. The van der Waals surface area contributed by atoms with E-state index in [9.17, 15) is 9.59 Å². The van der Waals surface area contributed by atoms with E-state index in [-0.39, 0.29) is 23.8 Å². The van der Waals surface area contributed by atoms with Gasteiger partial charge in [-0.15, -0.1) is 0 Å². The van der Waals surface area contributed by atoms with Crippen LogP contribution in [0.15, 0.2) is 61.3 Å². The molecule has 3 aromatic rings. The minimum absolute atomic E-state index is 0.0840. The van der Waals surface area contributed by atoms with Crippen LogP contribution >= 0.6 is 0 Å². The number of hydrogen-bond donors (Lipinski definition) is 2. The summed E-state index contributed by atoms with van der Waals surface area (Å²) in [6.07, 6.45) is 8.62. The van der Waals surface area contributed by atoms with Crippen molar-refractivity contribution in [1.29, 1.82) is 0 Å². The normalized spacial score (nSPS) is 14.3. The van der Waals surface area contributed by atoms with Gasteiger partial charge in [-0.25, -0.2) is 9.97 Å². The predicted molar refractivity (Wildman–Crippen MR) is 105 cm³/mol. The van der Waals surface area contributed by atoms with Gasteiger partial charge in [0.15, 0.2) is 0 Å². The summed E-state index contributed by atoms with van der Waals surface area (Å²) in [6, 6.07) is 10.9. The molecule has 7 nitrogen and oxygen atoms in total. The zero-order chi connectivity index (χ0) is 19.5. The summed E-state index contributed by atoms with van der Waals surface area (Å²) in [5, 5.41) is 5.88. The summed E-state index contributed by atoms with van der Waals surface area (Å²) in [5.41, 5.74) is 2.23. The van der Waals surface area contributed by atoms with Gasteiger partial charge in [0.25, 0.3) is 5.91 Å². The second-order valence-corrected chi connectivity index (χ2v) is 6.96. The Bertz CT molecular complexity index is 961. The first-order valence-corrected chi connectivity index (χ1v) is 9.26. The summed E-state index contributed by atoms with van der Waals surface area (Å²) < 4.78 is 1.77. The molecule has 1 aromatic carbocycles. The third-order valence-electron chi connectivity index (χ3n) is 4.75. The molecule has 2 N–H and O–H groups in total. The average molecular weight is 375 g/mol. The number of nitrogens with one attached hydrogen (secondary N) is 2. The van der Waals surface area contributed by atoms with Crippen molar-refractivity contribution in [2.24, 2.45) is 5.92 Å². The number of nitrogens with zero attached hydrogens (tertiary/aromatic N) is 3. The van der Waals surface area contributed by atoms with Crippen molar-refractivity contribution < 1.29 is 9.59 Å². The summed E-state index contributed by atoms with van der Waals surface area (Å²) in [7, 11) is 0. The van der Waals surface area contributed by atoms with Gasteiger partial charge in [-0.05, 0) is 49.6 Å². The van der Waals surface area contributed by atoms with Crippen LogP contribution in [0.2, 0.25) is 0 Å². The Balaban J connectivity index is 1.36. The third-order valence-corrected chi connectivity index (χ3v) is 4.75. The molecule has 1 aliphatic rings. The minimum Gasteiger partial charge on any atom is -0.345 e. The number of anilines is 1. The first-order valence-electron chi connectivity index (χ1n) is 9.26. The van der Waals surface area contributed by atoms with E-state index >= 15 is 0 Å². The highest BCUT2D eigenvalue weighted by Crippen LogP contribution is 2.30. The lowest BCUT2D eigenvalue weighted by atomic mass is 10.1. The Kier molecular flexibility index (Phi) is 4.89. The Hall–Kier alpha value is -3.48. The summed E-state index contributed by atoms with van der Waals surface area (Å²) in [6.45, 7) is 1.92. The van der Waals surface area contributed by atoms with Gasteiger partial charge >= 0.3 is 0 Å². The fraction of sp³-hybridized carbons (Fsp3) is 0.238. The molecule has 0 aliphatic heterocycles. The lowest BCUT2D eigenvalue weighted by Crippen LogP contribution is -2.26. The van der Waals surface area contributed by atoms with E-state index in [1.165, 1.54) is 0 Å². The van der Waals surface area contributed by atoms with Crippen molar-refractivity contribution in [2.45, 2.75) is 25.8 Å². The van der Waals surface area contributed by atoms with Crippen LogP contribution in [0.3, 0.4) is 0 Å². The molecule has 2 heterocycles. The highest BCUT2D eigenvalue weighted by atomic mass is 16.2. The molecule has 2 amide bonds. The first kappa shape index (κ1) is 17.9. The maximum atomic E-state index is 12.5. The molecule has 0 unspecified atom stereocenters. The highest BCUT2D eigenvalue weighted by Gasteiger charge is 2.29. The number of pyridine rings is 1. The van der Waals surface area contributed by atoms with Crippen LogP contribution in [0.5, 0.6) is 0 Å². The van der Waals surface area contributed by atoms with E-state index in [2.05, 4.69) is 20.6 Å². The fourth-order valence-corrected chi connectivity index (χ4v) is 2.88. The number of aromatic nitrogens is 3. The molecule has 1 atom stereocenters. The lowest BCUT2D eigenvalue weighted by Gasteiger charge is -2.15. The molecule has 1 saturated carbocycles. The number of carbonyl (C=O) groups excluding carboxylic acids is 2. The van der Waals surface area contributed by atoms with Crippen LogP contribution < -0.4 is 10.6 Å². The summed E-state index contributed by atoms with van der Waals surface area (Å²) in [4.78, 5) is 32.6. The molecule has 28 heavy (non-hydrogen) atoms. The molecule has 142 valence electrons. The number of rotatable bonds is 6. The Morgan fingerprint density at radius 2 is 1.93 bits per heavy atom. The quantitative estimate of drug-likeness (QED) is 0.693. The van der Waals surface area contributed by atoms with Crippen LogP contribution in [-0.4, -0.2) is 26.3 Å². The van der Waals surface area contributed by atoms with Crippen LogP contribution in [0, 0.1) is 5.92 Å². The molecule has 7 heteroatoms. The second kappa shape index (κ2) is 7.64. The van der Waals surface area contributed by atoms with Gasteiger partial charge < -0.3 is 10.6 Å². The fourth-order valence-electron chi connectivity index (χ4n) is 2.88. The van der Waals surface area contributed by atoms with Crippen molar-refractivity contribution in [1.82, 2.24) is 19.9 Å². The molecule has 2 aromatic heterocycles. The SMILES string of the molecule is C[C@@H](NC(=O)c1ccc(-n2ccnc2)nc1)c1ccc(NC(=O)C2CC2)cc1. The smallest absolute Gasteiger partial charge is 0.253 e. The van der Waals surface area contributed by atoms with Crippen molar-refractivity contribution in [3.05, 3.63) is 72.4 Å². The van der Waals surface area contributed by atoms with Gasteiger partial charge in [-0.3, -0.25) is 14.2 Å². The van der Waals surface area contributed by atoms with E-state index in [4.69, 9.17) is 0 Å². The van der Waals surface area contributed by atoms with Gasteiger partial charge in [0, 0.05) is 30.2 Å². The van der Waals surface area contributed by atoms with Gasteiger partial charge in [0.05, 0.1) is 11.6 Å². The molecule has 1 fully saturated rings. The largest absolute Gasteiger partial charge is 0.345 e. The number of amides is 2. The van der Waals surface area contributed by atoms with Crippen LogP contribution in [-0.2, 0) is 4.79 Å². The Morgan fingerprint density at radius 1 is 1.14 bits per heavy atom. The van der Waals surface area contributed by atoms with Crippen molar-refractivity contribution in [3.63, 3.8) is 0 Å². The minimum atomic E-state index is -0.191. The summed E-state index contributed by atoms with van der Waals surface area (Å²) in [5.74, 6) is 0.765. The van der Waals surface area contributed by atoms with E-state index in [0.29, 0.717) is 11.4 Å². The average Bonchev–Trinajstić information content (AvgIpc) is 3.43. The van der Waals surface area contributed by atoms with E-state index in [1.54, 1.807) is 41.6 Å². The molecular formula is C21H21N5O2. The number of hydrogen-bond acceptors (Lipinski definition) is 4.